The van der Waals surface area contributed by atoms with Crippen LogP contribution < -0.4 is 9.75 Å². The van der Waals surface area contributed by atoms with E-state index < -0.39 is 28.3 Å². The number of carbonyl (C=O) groups excluding carboxylic acids is 1. The number of furan rings is 1. The van der Waals surface area contributed by atoms with Crippen molar-refractivity contribution in [3.63, 3.8) is 0 Å². The molecule has 1 aromatic heterocycles. The van der Waals surface area contributed by atoms with Crippen molar-refractivity contribution in [3.8, 4) is 17.1 Å². The highest BCUT2D eigenvalue weighted by atomic mass is 19.4. The summed E-state index contributed by atoms with van der Waals surface area (Å²) < 4.78 is 51.6. The Morgan fingerprint density at radius 3 is 2.48 bits per heavy atom. The number of hydrogen-bond acceptors (Lipinski definition) is 6. The van der Waals surface area contributed by atoms with Gasteiger partial charge in [-0.15, -0.1) is 0 Å². The first kappa shape index (κ1) is 21.8. The maximum atomic E-state index is 13.6. The lowest BCUT2D eigenvalue weighted by atomic mass is 10.1. The maximum absolute atomic E-state index is 13.6. The van der Waals surface area contributed by atoms with Gasteiger partial charge in [-0.1, -0.05) is 18.2 Å². The molecule has 0 fully saturated rings. The minimum atomic E-state index is -4.89. The summed E-state index contributed by atoms with van der Waals surface area (Å²) in [5.74, 6) is -0.676. The third kappa shape index (κ3) is 4.20. The van der Waals surface area contributed by atoms with Crippen LogP contribution in [0.25, 0.3) is 17.4 Å². The van der Waals surface area contributed by atoms with Gasteiger partial charge < -0.3 is 9.15 Å². The molecule has 0 bridgehead atoms. The number of hydrazone groups is 1. The summed E-state index contributed by atoms with van der Waals surface area (Å²) in [7, 11) is 1.36. The van der Waals surface area contributed by atoms with Crippen molar-refractivity contribution in [2.45, 2.75) is 6.18 Å². The zero-order valence-corrected chi connectivity index (χ0v) is 16.9. The Morgan fingerprint density at radius 2 is 1.85 bits per heavy atom. The number of halogens is 3. The third-order valence-corrected chi connectivity index (χ3v) is 4.72. The van der Waals surface area contributed by atoms with Gasteiger partial charge in [0.25, 0.3) is 11.6 Å². The van der Waals surface area contributed by atoms with Gasteiger partial charge in [-0.05, 0) is 36.4 Å². The minimum absolute atomic E-state index is 0.0752. The predicted octanol–water partition coefficient (Wildman–Crippen LogP) is 5.21. The molecular weight excluding hydrogens is 443 g/mol. The van der Waals surface area contributed by atoms with Crippen LogP contribution in [0.3, 0.4) is 0 Å². The molecular formula is C22H14F3N3O5. The van der Waals surface area contributed by atoms with Crippen molar-refractivity contribution in [1.82, 2.24) is 0 Å². The molecule has 0 saturated heterocycles. The molecule has 4 rings (SSSR count). The molecule has 0 aliphatic carbocycles. The largest absolute Gasteiger partial charge is 0.496 e. The number of amides is 1. The van der Waals surface area contributed by atoms with Crippen LogP contribution in [0.4, 0.5) is 24.5 Å². The number of non-ortho nitro benzene ring substituents is 1. The number of nitro groups is 1. The van der Waals surface area contributed by atoms with E-state index in [0.29, 0.717) is 5.01 Å². The fraction of sp³-hybridized carbons (Fsp3) is 0.0909. The molecule has 0 N–H and O–H groups in total. The highest BCUT2D eigenvalue weighted by Crippen LogP contribution is 2.36. The Labute approximate surface area is 184 Å². The Kier molecular flexibility index (Phi) is 5.46. The van der Waals surface area contributed by atoms with Crippen molar-refractivity contribution in [1.29, 1.82) is 0 Å². The van der Waals surface area contributed by atoms with Gasteiger partial charge in [-0.25, -0.2) is 0 Å². The van der Waals surface area contributed by atoms with Gasteiger partial charge in [0.1, 0.15) is 17.3 Å². The molecule has 0 saturated carbocycles. The number of hydrogen-bond donors (Lipinski definition) is 0. The smallest absolute Gasteiger partial charge is 0.435 e. The zero-order valence-electron chi connectivity index (χ0n) is 16.9. The number of carbonyl (C=O) groups is 1. The summed E-state index contributed by atoms with van der Waals surface area (Å²) in [6, 6.07) is 14.3. The minimum Gasteiger partial charge on any atom is -0.496 e. The Bertz CT molecular complexity index is 1300. The van der Waals surface area contributed by atoms with E-state index in [1.165, 1.54) is 49.6 Å². The number of para-hydroxylation sites is 1. The van der Waals surface area contributed by atoms with Crippen LogP contribution in [-0.2, 0) is 4.79 Å². The van der Waals surface area contributed by atoms with Crippen molar-refractivity contribution in [2.75, 3.05) is 12.1 Å². The van der Waals surface area contributed by atoms with Crippen LogP contribution >= 0.6 is 0 Å². The number of rotatable bonds is 5. The zero-order chi connectivity index (χ0) is 23.8. The van der Waals surface area contributed by atoms with Crippen LogP contribution in [0.1, 0.15) is 5.76 Å². The molecule has 0 spiro atoms. The van der Waals surface area contributed by atoms with Crippen molar-refractivity contribution in [2.24, 2.45) is 5.10 Å². The normalized spacial score (nSPS) is 15.2. The van der Waals surface area contributed by atoms with Gasteiger partial charge in [0.15, 0.2) is 5.71 Å². The van der Waals surface area contributed by atoms with E-state index in [0.717, 1.165) is 6.08 Å². The van der Waals surface area contributed by atoms with E-state index in [4.69, 9.17) is 9.15 Å². The van der Waals surface area contributed by atoms with E-state index in [1.54, 1.807) is 18.2 Å². The van der Waals surface area contributed by atoms with Crippen LogP contribution in [0.2, 0.25) is 0 Å². The molecule has 168 valence electrons. The van der Waals surface area contributed by atoms with Crippen LogP contribution in [0, 0.1) is 10.1 Å². The first-order chi connectivity index (χ1) is 15.7. The summed E-state index contributed by atoms with van der Waals surface area (Å²) in [5, 5.41) is 15.2. The SMILES string of the molecule is COc1ccc([N+](=O)[O-])cc1-c1ccc(/C=C2\C(=O)N(c3ccccc3)N=C2C(F)(F)F)o1. The number of nitro benzene ring substituents is 1. The average molecular weight is 457 g/mol. The van der Waals surface area contributed by atoms with Gasteiger partial charge in [-0.2, -0.15) is 23.3 Å². The monoisotopic (exact) mass is 457 g/mol. The lowest BCUT2D eigenvalue weighted by molar-refractivity contribution is -0.384. The molecule has 1 aliphatic heterocycles. The standard InChI is InChI=1S/C22H14F3N3O5/c1-32-18-9-7-14(28(30)31)11-16(18)19-10-8-15(33-19)12-17-20(22(23,24)25)26-27(21(17)29)13-5-3-2-4-6-13/h2-12H,1H3/b17-12-. The topological polar surface area (TPSA) is 98.2 Å². The summed E-state index contributed by atoms with van der Waals surface area (Å²) in [4.78, 5) is 23.3. The number of methoxy groups -OCH3 is 1. The number of alkyl halides is 3. The van der Waals surface area contributed by atoms with E-state index in [1.807, 2.05) is 0 Å². The number of benzene rings is 2. The molecule has 3 aromatic rings. The van der Waals surface area contributed by atoms with Crippen LogP contribution in [0.15, 0.2) is 75.8 Å². The average Bonchev–Trinajstić information content (AvgIpc) is 3.39. The summed E-state index contributed by atoms with van der Waals surface area (Å²) >= 11 is 0. The fourth-order valence-electron chi connectivity index (χ4n) is 3.22. The highest BCUT2D eigenvalue weighted by molar-refractivity contribution is 6.34. The lowest BCUT2D eigenvalue weighted by Gasteiger charge is -2.10. The maximum Gasteiger partial charge on any atom is 0.435 e. The van der Waals surface area contributed by atoms with E-state index in [9.17, 15) is 28.1 Å². The molecule has 1 amide bonds. The number of nitrogens with zero attached hydrogens (tertiary/aromatic N) is 3. The van der Waals surface area contributed by atoms with Gasteiger partial charge in [0.05, 0.1) is 28.9 Å². The summed E-state index contributed by atoms with van der Waals surface area (Å²) in [5.41, 5.74) is -1.88. The molecule has 2 aromatic carbocycles. The van der Waals surface area contributed by atoms with Crippen LogP contribution in [0.5, 0.6) is 5.75 Å². The number of ether oxygens (including phenoxy) is 1. The quantitative estimate of drug-likeness (QED) is 0.298. The fourth-order valence-corrected chi connectivity index (χ4v) is 3.22. The summed E-state index contributed by atoms with van der Waals surface area (Å²) in [6.45, 7) is 0. The molecule has 0 radical (unpaired) electrons. The predicted molar refractivity (Wildman–Crippen MR) is 113 cm³/mol. The van der Waals surface area contributed by atoms with Gasteiger partial charge in [0.2, 0.25) is 0 Å². The Morgan fingerprint density at radius 1 is 1.12 bits per heavy atom. The van der Waals surface area contributed by atoms with Crippen molar-refractivity contribution in [3.05, 3.63) is 82.1 Å². The summed E-state index contributed by atoms with van der Waals surface area (Å²) in [6.07, 6.45) is -3.95. The molecule has 8 nitrogen and oxygen atoms in total. The second-order valence-corrected chi connectivity index (χ2v) is 6.80. The van der Waals surface area contributed by atoms with Gasteiger partial charge in [-0.3, -0.25) is 14.9 Å². The van der Waals surface area contributed by atoms with E-state index >= 15 is 0 Å². The van der Waals surface area contributed by atoms with Crippen molar-refractivity contribution >= 4 is 29.1 Å². The first-order valence-corrected chi connectivity index (χ1v) is 9.39. The Balaban J connectivity index is 1.74. The molecule has 0 atom stereocenters. The third-order valence-electron chi connectivity index (χ3n) is 4.72. The van der Waals surface area contributed by atoms with Gasteiger partial charge >= 0.3 is 6.18 Å². The van der Waals surface area contributed by atoms with E-state index in [-0.39, 0.29) is 34.2 Å². The van der Waals surface area contributed by atoms with Crippen molar-refractivity contribution < 1.29 is 32.0 Å². The molecule has 0 unspecified atom stereocenters. The van der Waals surface area contributed by atoms with Gasteiger partial charge in [0, 0.05) is 12.1 Å². The first-order valence-electron chi connectivity index (χ1n) is 9.39. The Hall–Kier alpha value is -4.41. The van der Waals surface area contributed by atoms with Crippen LogP contribution in [-0.4, -0.2) is 29.8 Å². The molecule has 2 heterocycles. The second kappa shape index (κ2) is 8.26. The number of anilines is 1. The molecule has 1 aliphatic rings. The molecule has 33 heavy (non-hydrogen) atoms. The lowest BCUT2D eigenvalue weighted by Crippen LogP contribution is -2.25. The highest BCUT2D eigenvalue weighted by Gasteiger charge is 2.47. The second-order valence-electron chi connectivity index (χ2n) is 6.80. The molecule has 11 heteroatoms. The van der Waals surface area contributed by atoms with E-state index in [2.05, 4.69) is 5.10 Å².